The summed E-state index contributed by atoms with van der Waals surface area (Å²) in [6.45, 7) is 2.10. The molecule has 0 aliphatic carbocycles. The summed E-state index contributed by atoms with van der Waals surface area (Å²) in [5.41, 5.74) is 0. The van der Waals surface area contributed by atoms with Gasteiger partial charge in [0, 0.05) is 23.2 Å². The Morgan fingerprint density at radius 3 is 2.75 bits per heavy atom. The van der Waals surface area contributed by atoms with Gasteiger partial charge in [0.25, 0.3) is 0 Å². The highest BCUT2D eigenvalue weighted by Crippen LogP contribution is 2.26. The van der Waals surface area contributed by atoms with E-state index in [1.54, 1.807) is 0 Å². The highest BCUT2D eigenvalue weighted by Gasteiger charge is 2.15. The largest absolute Gasteiger partial charge is 0.241 e. The zero-order valence-corrected chi connectivity index (χ0v) is 7.76. The van der Waals surface area contributed by atoms with Crippen molar-refractivity contribution in [1.29, 1.82) is 0 Å². The lowest BCUT2D eigenvalue weighted by atomic mass is 10.4. The van der Waals surface area contributed by atoms with Crippen molar-refractivity contribution in [3.63, 3.8) is 0 Å². The molecule has 0 bridgehead atoms. The average Bonchev–Trinajstić information content (AvgIpc) is 2.59. The second kappa shape index (κ2) is 3.97. The van der Waals surface area contributed by atoms with E-state index >= 15 is 0 Å². The van der Waals surface area contributed by atoms with Gasteiger partial charge in [-0.2, -0.15) is 0 Å². The lowest BCUT2D eigenvalue weighted by molar-refractivity contribution is 0.839. The van der Waals surface area contributed by atoms with Gasteiger partial charge < -0.3 is 0 Å². The maximum Gasteiger partial charge on any atom is 0.0256 e. The minimum atomic E-state index is 0.729. The predicted molar refractivity (Wildman–Crippen MR) is 52.6 cm³/mol. The molecule has 1 unspecified atom stereocenters. The van der Waals surface area contributed by atoms with E-state index in [4.69, 9.17) is 0 Å². The lowest BCUT2D eigenvalue weighted by Gasteiger charge is -2.06. The summed E-state index contributed by atoms with van der Waals surface area (Å²) in [5.74, 6) is 0. The van der Waals surface area contributed by atoms with Gasteiger partial charge in [-0.15, -0.1) is 11.8 Å². The van der Waals surface area contributed by atoms with Gasteiger partial charge in [-0.1, -0.05) is 18.2 Å². The van der Waals surface area contributed by atoms with Crippen LogP contribution in [0.25, 0.3) is 0 Å². The van der Waals surface area contributed by atoms with Gasteiger partial charge in [-0.05, 0) is 18.6 Å². The maximum atomic E-state index is 4.34. The van der Waals surface area contributed by atoms with Crippen LogP contribution >= 0.6 is 11.8 Å². The Hall–Kier alpha value is -0.470. The lowest BCUT2D eigenvalue weighted by Crippen LogP contribution is -2.03. The van der Waals surface area contributed by atoms with Crippen LogP contribution in [0, 0.1) is 0 Å². The molecule has 2 heteroatoms. The molecular formula is C10H12NS. The number of thioether (sulfide) groups is 1. The first-order chi connectivity index (χ1) is 5.95. The van der Waals surface area contributed by atoms with Crippen LogP contribution in [-0.4, -0.2) is 18.3 Å². The van der Waals surface area contributed by atoms with Gasteiger partial charge in [0.2, 0.25) is 0 Å². The summed E-state index contributed by atoms with van der Waals surface area (Å²) in [6.07, 6.45) is 1.25. The van der Waals surface area contributed by atoms with E-state index in [1.165, 1.54) is 11.3 Å². The van der Waals surface area contributed by atoms with Gasteiger partial charge >= 0.3 is 0 Å². The Kier molecular flexibility index (Phi) is 2.69. The zero-order valence-electron chi connectivity index (χ0n) is 6.94. The Bertz CT molecular complexity index is 229. The second-order valence-electron chi connectivity index (χ2n) is 2.97. The summed E-state index contributed by atoms with van der Waals surface area (Å²) < 4.78 is 0. The molecule has 0 N–H and O–H groups in total. The van der Waals surface area contributed by atoms with Crippen molar-refractivity contribution < 1.29 is 0 Å². The summed E-state index contributed by atoms with van der Waals surface area (Å²) in [5, 5.41) is 5.07. The van der Waals surface area contributed by atoms with Crippen molar-refractivity contribution in [2.45, 2.75) is 16.6 Å². The molecule has 0 saturated carbocycles. The highest BCUT2D eigenvalue weighted by molar-refractivity contribution is 8.00. The zero-order chi connectivity index (χ0) is 8.23. The summed E-state index contributed by atoms with van der Waals surface area (Å²) >= 11 is 1.96. The minimum Gasteiger partial charge on any atom is -0.241 e. The van der Waals surface area contributed by atoms with Crippen LogP contribution < -0.4 is 5.32 Å². The molecule has 63 valence electrons. The first kappa shape index (κ1) is 8.14. The standard InChI is InChI=1S/C10H12NS/c1-2-4-9(5-3-1)12-10-6-7-11-8-10/h1-5,10H,6-8H2. The van der Waals surface area contributed by atoms with Crippen LogP contribution in [-0.2, 0) is 0 Å². The van der Waals surface area contributed by atoms with Crippen molar-refractivity contribution in [2.75, 3.05) is 13.1 Å². The number of hydrogen-bond donors (Lipinski definition) is 0. The van der Waals surface area contributed by atoms with E-state index in [1.807, 2.05) is 11.8 Å². The fourth-order valence-electron chi connectivity index (χ4n) is 1.35. The third-order valence-electron chi connectivity index (χ3n) is 1.99. The molecule has 0 amide bonds. The highest BCUT2D eigenvalue weighted by atomic mass is 32.2. The molecule has 1 nitrogen and oxygen atoms in total. The smallest absolute Gasteiger partial charge is 0.0256 e. The third-order valence-corrected chi connectivity index (χ3v) is 3.25. The fraction of sp³-hybridized carbons (Fsp3) is 0.400. The SMILES string of the molecule is c1ccc(SC2CC[N]C2)cc1. The summed E-state index contributed by atoms with van der Waals surface area (Å²) in [7, 11) is 0. The van der Waals surface area contributed by atoms with E-state index < -0.39 is 0 Å². The monoisotopic (exact) mass is 178 g/mol. The summed E-state index contributed by atoms with van der Waals surface area (Å²) in [6, 6.07) is 10.6. The molecule has 12 heavy (non-hydrogen) atoms. The molecule has 1 aliphatic rings. The molecule has 1 saturated heterocycles. The number of benzene rings is 1. The van der Waals surface area contributed by atoms with Crippen molar-refractivity contribution in [2.24, 2.45) is 0 Å². The molecule has 1 aliphatic heterocycles. The third kappa shape index (κ3) is 2.02. The van der Waals surface area contributed by atoms with Gasteiger partial charge in [-0.25, -0.2) is 5.32 Å². The normalized spacial score (nSPS) is 22.8. The molecular weight excluding hydrogens is 166 g/mol. The Labute approximate surface area is 77.6 Å². The van der Waals surface area contributed by atoms with Crippen LogP contribution in [0.15, 0.2) is 35.2 Å². The fourth-order valence-corrected chi connectivity index (χ4v) is 2.45. The quantitative estimate of drug-likeness (QED) is 0.677. The maximum absolute atomic E-state index is 4.34. The Morgan fingerprint density at radius 2 is 2.08 bits per heavy atom. The average molecular weight is 178 g/mol. The van der Waals surface area contributed by atoms with E-state index in [0.717, 1.165) is 18.3 Å². The van der Waals surface area contributed by atoms with E-state index in [9.17, 15) is 0 Å². The second-order valence-corrected chi connectivity index (χ2v) is 4.35. The molecule has 1 heterocycles. The molecule has 0 aromatic heterocycles. The van der Waals surface area contributed by atoms with E-state index in [2.05, 4.69) is 35.6 Å². The van der Waals surface area contributed by atoms with Gasteiger partial charge in [-0.3, -0.25) is 0 Å². The van der Waals surface area contributed by atoms with E-state index in [0.29, 0.717) is 0 Å². The molecule has 1 aromatic rings. The molecule has 1 atom stereocenters. The molecule has 1 aromatic carbocycles. The van der Waals surface area contributed by atoms with Gasteiger partial charge in [0.1, 0.15) is 0 Å². The van der Waals surface area contributed by atoms with E-state index in [-0.39, 0.29) is 0 Å². The molecule has 0 spiro atoms. The van der Waals surface area contributed by atoms with Crippen LogP contribution in [0.2, 0.25) is 0 Å². The number of nitrogens with zero attached hydrogens (tertiary/aromatic N) is 1. The van der Waals surface area contributed by atoms with Crippen LogP contribution in [0.3, 0.4) is 0 Å². The topological polar surface area (TPSA) is 14.1 Å². The first-order valence-corrected chi connectivity index (χ1v) is 5.18. The Balaban J connectivity index is 1.94. The molecule has 1 radical (unpaired) electrons. The van der Waals surface area contributed by atoms with Crippen molar-refractivity contribution in [1.82, 2.24) is 5.32 Å². The molecule has 1 fully saturated rings. The number of hydrogen-bond acceptors (Lipinski definition) is 1. The van der Waals surface area contributed by atoms with Crippen molar-refractivity contribution in [3.8, 4) is 0 Å². The molecule has 2 rings (SSSR count). The van der Waals surface area contributed by atoms with Crippen molar-refractivity contribution >= 4 is 11.8 Å². The summed E-state index contributed by atoms with van der Waals surface area (Å²) in [4.78, 5) is 1.37. The van der Waals surface area contributed by atoms with Gasteiger partial charge in [0.05, 0.1) is 0 Å². The first-order valence-electron chi connectivity index (χ1n) is 4.30. The van der Waals surface area contributed by atoms with Crippen LogP contribution in [0.4, 0.5) is 0 Å². The van der Waals surface area contributed by atoms with Crippen molar-refractivity contribution in [3.05, 3.63) is 30.3 Å². The minimum absolute atomic E-state index is 0.729. The Morgan fingerprint density at radius 1 is 1.25 bits per heavy atom. The van der Waals surface area contributed by atoms with Crippen LogP contribution in [0.5, 0.6) is 0 Å². The predicted octanol–water partition coefficient (Wildman–Crippen LogP) is 2.16. The van der Waals surface area contributed by atoms with Crippen LogP contribution in [0.1, 0.15) is 6.42 Å². The van der Waals surface area contributed by atoms with Gasteiger partial charge in [0.15, 0.2) is 0 Å². The number of rotatable bonds is 2.